The van der Waals surface area contributed by atoms with Gasteiger partial charge >= 0.3 is 0 Å². The number of H-pyrrole nitrogens is 1. The van der Waals surface area contributed by atoms with Crippen LogP contribution >= 0.6 is 0 Å². The third-order valence-electron chi connectivity index (χ3n) is 3.41. The average Bonchev–Trinajstić information content (AvgIpc) is 2.47. The molecule has 1 aromatic carbocycles. The Labute approximate surface area is 116 Å². The van der Waals surface area contributed by atoms with Crippen molar-refractivity contribution >= 4 is 11.6 Å². The number of hydrogen-bond donors (Lipinski definition) is 3. The van der Waals surface area contributed by atoms with Crippen molar-refractivity contribution in [2.24, 2.45) is 0 Å². The molecule has 0 saturated heterocycles. The van der Waals surface area contributed by atoms with Crippen LogP contribution in [0.15, 0.2) is 41.3 Å². The molecule has 5 nitrogen and oxygen atoms in total. The fraction of sp³-hybridized carbons (Fsp3) is 0.200. The predicted molar refractivity (Wildman–Crippen MR) is 76.9 cm³/mol. The monoisotopic (exact) mass is 269 g/mol. The minimum atomic E-state index is -0.393. The molecule has 0 bridgehead atoms. The summed E-state index contributed by atoms with van der Waals surface area (Å²) in [6.45, 7) is 1.79. The normalized spacial score (nSPS) is 13.6. The first-order valence-electron chi connectivity index (χ1n) is 6.55. The summed E-state index contributed by atoms with van der Waals surface area (Å²) in [5.74, 6) is -0.393. The standard InChI is InChI=1S/C15H15N3O2/c19-14-13(2-1-6-17-14)15(20)18-12-4-3-10-5-7-16-9-11(10)8-12/h1-4,6,8,16H,5,7,9H2,(H,17,19)(H,18,20). The van der Waals surface area contributed by atoms with Gasteiger partial charge in [-0.3, -0.25) is 9.59 Å². The van der Waals surface area contributed by atoms with E-state index in [-0.39, 0.29) is 11.1 Å². The lowest BCUT2D eigenvalue weighted by molar-refractivity contribution is 0.102. The highest BCUT2D eigenvalue weighted by Gasteiger charge is 2.12. The topological polar surface area (TPSA) is 74.0 Å². The molecule has 20 heavy (non-hydrogen) atoms. The molecule has 3 rings (SSSR count). The lowest BCUT2D eigenvalue weighted by Gasteiger charge is -2.18. The maximum absolute atomic E-state index is 12.1. The van der Waals surface area contributed by atoms with Crippen molar-refractivity contribution in [3.63, 3.8) is 0 Å². The number of amides is 1. The fourth-order valence-electron chi connectivity index (χ4n) is 2.36. The van der Waals surface area contributed by atoms with Crippen LogP contribution in [0.3, 0.4) is 0 Å². The smallest absolute Gasteiger partial charge is 0.261 e. The van der Waals surface area contributed by atoms with Gasteiger partial charge in [0.2, 0.25) is 0 Å². The molecule has 2 aromatic rings. The van der Waals surface area contributed by atoms with Crippen LogP contribution in [0.4, 0.5) is 5.69 Å². The third kappa shape index (κ3) is 2.48. The van der Waals surface area contributed by atoms with Crippen LogP contribution in [0.25, 0.3) is 0 Å². The van der Waals surface area contributed by atoms with E-state index < -0.39 is 5.91 Å². The number of benzene rings is 1. The number of carbonyl (C=O) groups excluding carboxylic acids is 1. The van der Waals surface area contributed by atoms with Gasteiger partial charge in [0.25, 0.3) is 11.5 Å². The van der Waals surface area contributed by atoms with E-state index in [1.54, 1.807) is 6.07 Å². The van der Waals surface area contributed by atoms with Crippen molar-refractivity contribution in [3.8, 4) is 0 Å². The van der Waals surface area contributed by atoms with Gasteiger partial charge in [-0.25, -0.2) is 0 Å². The Morgan fingerprint density at radius 2 is 2.10 bits per heavy atom. The largest absolute Gasteiger partial charge is 0.328 e. The van der Waals surface area contributed by atoms with Gasteiger partial charge in [-0.15, -0.1) is 0 Å². The van der Waals surface area contributed by atoms with Crippen molar-refractivity contribution in [1.29, 1.82) is 0 Å². The van der Waals surface area contributed by atoms with Crippen LogP contribution in [-0.2, 0) is 13.0 Å². The summed E-state index contributed by atoms with van der Waals surface area (Å²) in [7, 11) is 0. The van der Waals surface area contributed by atoms with E-state index in [9.17, 15) is 9.59 Å². The van der Waals surface area contributed by atoms with E-state index in [1.807, 2.05) is 18.2 Å². The summed E-state index contributed by atoms with van der Waals surface area (Å²) in [5.41, 5.74) is 2.93. The number of anilines is 1. The van der Waals surface area contributed by atoms with Crippen LogP contribution in [0.5, 0.6) is 0 Å². The first-order chi connectivity index (χ1) is 9.74. The Morgan fingerprint density at radius 1 is 1.20 bits per heavy atom. The molecule has 1 aromatic heterocycles. The van der Waals surface area contributed by atoms with Gasteiger partial charge < -0.3 is 15.6 Å². The van der Waals surface area contributed by atoms with E-state index in [0.717, 1.165) is 19.5 Å². The van der Waals surface area contributed by atoms with E-state index in [2.05, 4.69) is 15.6 Å². The first-order valence-corrected chi connectivity index (χ1v) is 6.55. The predicted octanol–water partition coefficient (Wildman–Crippen LogP) is 1.27. The van der Waals surface area contributed by atoms with Crippen LogP contribution in [0, 0.1) is 0 Å². The molecule has 0 aliphatic carbocycles. The molecule has 0 saturated carbocycles. The molecule has 0 unspecified atom stereocenters. The maximum atomic E-state index is 12.1. The van der Waals surface area contributed by atoms with E-state index in [1.165, 1.54) is 23.4 Å². The van der Waals surface area contributed by atoms with Gasteiger partial charge in [-0.2, -0.15) is 0 Å². The maximum Gasteiger partial charge on any atom is 0.261 e. The molecular formula is C15H15N3O2. The Kier molecular flexibility index (Phi) is 3.35. The zero-order chi connectivity index (χ0) is 13.9. The Bertz CT molecular complexity index is 706. The van der Waals surface area contributed by atoms with Crippen LogP contribution in [-0.4, -0.2) is 17.4 Å². The highest BCUT2D eigenvalue weighted by molar-refractivity contribution is 6.04. The molecule has 0 radical (unpaired) electrons. The second kappa shape index (κ2) is 5.30. The molecule has 102 valence electrons. The van der Waals surface area contributed by atoms with Gasteiger partial charge in [0.1, 0.15) is 5.56 Å². The summed E-state index contributed by atoms with van der Waals surface area (Å²) in [4.78, 5) is 26.1. The minimum absolute atomic E-state index is 0.114. The fourth-order valence-corrected chi connectivity index (χ4v) is 2.36. The van der Waals surface area contributed by atoms with E-state index in [0.29, 0.717) is 5.69 Å². The lowest BCUT2D eigenvalue weighted by atomic mass is 10.0. The molecule has 5 heteroatoms. The van der Waals surface area contributed by atoms with Crippen molar-refractivity contribution in [2.45, 2.75) is 13.0 Å². The number of aromatic nitrogens is 1. The Balaban J connectivity index is 1.83. The van der Waals surface area contributed by atoms with Gasteiger partial charge in [-0.05, 0) is 48.4 Å². The number of aromatic amines is 1. The number of carbonyl (C=O) groups is 1. The zero-order valence-electron chi connectivity index (χ0n) is 10.9. The molecule has 1 amide bonds. The number of rotatable bonds is 2. The SMILES string of the molecule is O=C(Nc1ccc2c(c1)CNCC2)c1ccc[nH]c1=O. The minimum Gasteiger partial charge on any atom is -0.328 e. The molecule has 0 fully saturated rings. The Hall–Kier alpha value is -2.40. The summed E-state index contributed by atoms with van der Waals surface area (Å²) in [6.07, 6.45) is 2.51. The molecule has 1 aliphatic heterocycles. The molecule has 3 N–H and O–H groups in total. The number of fused-ring (bicyclic) bond motifs is 1. The van der Waals surface area contributed by atoms with E-state index in [4.69, 9.17) is 0 Å². The van der Waals surface area contributed by atoms with Crippen molar-refractivity contribution in [1.82, 2.24) is 10.3 Å². The Morgan fingerprint density at radius 3 is 2.95 bits per heavy atom. The molecular weight excluding hydrogens is 254 g/mol. The van der Waals surface area contributed by atoms with Crippen LogP contribution in [0.1, 0.15) is 21.5 Å². The van der Waals surface area contributed by atoms with Gasteiger partial charge in [-0.1, -0.05) is 6.07 Å². The first kappa shape index (κ1) is 12.6. The van der Waals surface area contributed by atoms with E-state index >= 15 is 0 Å². The molecule has 0 atom stereocenters. The highest BCUT2D eigenvalue weighted by Crippen LogP contribution is 2.19. The third-order valence-corrected chi connectivity index (χ3v) is 3.41. The van der Waals surface area contributed by atoms with Crippen molar-refractivity contribution in [3.05, 3.63) is 63.6 Å². The number of hydrogen-bond acceptors (Lipinski definition) is 3. The molecule has 0 spiro atoms. The summed E-state index contributed by atoms with van der Waals surface area (Å²) in [6, 6.07) is 9.00. The summed E-state index contributed by atoms with van der Waals surface area (Å²) < 4.78 is 0. The van der Waals surface area contributed by atoms with Gasteiger partial charge in [0, 0.05) is 18.4 Å². The average molecular weight is 269 g/mol. The van der Waals surface area contributed by atoms with Crippen molar-refractivity contribution < 1.29 is 4.79 Å². The van der Waals surface area contributed by atoms with Gasteiger partial charge in [0.15, 0.2) is 0 Å². The lowest BCUT2D eigenvalue weighted by Crippen LogP contribution is -2.25. The van der Waals surface area contributed by atoms with Crippen molar-refractivity contribution in [2.75, 3.05) is 11.9 Å². The second-order valence-electron chi connectivity index (χ2n) is 4.78. The van der Waals surface area contributed by atoms with Gasteiger partial charge in [0.05, 0.1) is 0 Å². The zero-order valence-corrected chi connectivity index (χ0v) is 10.9. The molecule has 2 heterocycles. The van der Waals surface area contributed by atoms with Crippen LogP contribution < -0.4 is 16.2 Å². The quantitative estimate of drug-likeness (QED) is 0.768. The second-order valence-corrected chi connectivity index (χ2v) is 4.78. The van der Waals surface area contributed by atoms with Crippen LogP contribution in [0.2, 0.25) is 0 Å². The summed E-state index contributed by atoms with van der Waals surface area (Å²) >= 11 is 0. The highest BCUT2D eigenvalue weighted by atomic mass is 16.2. The summed E-state index contributed by atoms with van der Waals surface area (Å²) in [5, 5.41) is 6.06. The molecule has 1 aliphatic rings. The number of nitrogens with one attached hydrogen (secondary N) is 3. The number of pyridine rings is 1.